The minimum Gasteiger partial charge on any atom is -0.397 e. The lowest BCUT2D eigenvalue weighted by molar-refractivity contribution is 0.630. The fourth-order valence-electron chi connectivity index (χ4n) is 1.33. The van der Waals surface area contributed by atoms with Gasteiger partial charge in [-0.15, -0.1) is 12.4 Å². The summed E-state index contributed by atoms with van der Waals surface area (Å²) in [6.07, 6.45) is 1.58. The van der Waals surface area contributed by atoms with E-state index in [1.807, 2.05) is 0 Å². The lowest BCUT2D eigenvalue weighted by Crippen LogP contribution is -2.06. The van der Waals surface area contributed by atoms with Gasteiger partial charge >= 0.3 is 0 Å². The van der Waals surface area contributed by atoms with E-state index in [1.54, 1.807) is 30.5 Å². The Kier molecular flexibility index (Phi) is 4.66. The van der Waals surface area contributed by atoms with Gasteiger partial charge in [-0.05, 0) is 24.3 Å². The van der Waals surface area contributed by atoms with Crippen molar-refractivity contribution in [2.45, 2.75) is 6.54 Å². The van der Waals surface area contributed by atoms with Gasteiger partial charge in [0.25, 0.3) is 0 Å². The Hall–Kier alpha value is -1.88. The van der Waals surface area contributed by atoms with E-state index in [1.165, 1.54) is 6.07 Å². The molecule has 0 fully saturated rings. The number of anilines is 2. The van der Waals surface area contributed by atoms with Crippen LogP contribution in [-0.4, -0.2) is 10.2 Å². The molecule has 2 aromatic rings. The molecule has 0 spiro atoms. The van der Waals surface area contributed by atoms with E-state index in [0.717, 1.165) is 5.69 Å². The maximum atomic E-state index is 13.4. The summed E-state index contributed by atoms with van der Waals surface area (Å²) < 4.78 is 13.4. The van der Waals surface area contributed by atoms with Gasteiger partial charge in [-0.2, -0.15) is 10.2 Å². The summed E-state index contributed by atoms with van der Waals surface area (Å²) in [5.41, 5.74) is 7.05. The van der Waals surface area contributed by atoms with Crippen LogP contribution >= 0.6 is 12.4 Å². The largest absolute Gasteiger partial charge is 0.397 e. The molecule has 3 N–H and O–H groups in total. The summed E-state index contributed by atoms with van der Waals surface area (Å²) in [4.78, 5) is 0. The highest BCUT2D eigenvalue weighted by atomic mass is 35.5. The Morgan fingerprint density at radius 1 is 1.24 bits per heavy atom. The molecule has 0 radical (unpaired) electrons. The fraction of sp³-hybridized carbons (Fsp3) is 0.0909. The molecule has 1 aromatic heterocycles. The molecule has 4 nitrogen and oxygen atoms in total. The summed E-state index contributed by atoms with van der Waals surface area (Å²) >= 11 is 0. The SMILES string of the molecule is Cl.Nc1cccc(F)c1NCc1cccnn1. The van der Waals surface area contributed by atoms with Gasteiger partial charge in [0.2, 0.25) is 0 Å². The first-order valence-electron chi connectivity index (χ1n) is 4.82. The predicted molar refractivity (Wildman–Crippen MR) is 67.4 cm³/mol. The average molecular weight is 255 g/mol. The normalized spacial score (nSPS) is 9.47. The third kappa shape index (κ3) is 3.29. The average Bonchev–Trinajstić information content (AvgIpc) is 2.30. The zero-order valence-electron chi connectivity index (χ0n) is 8.93. The van der Waals surface area contributed by atoms with Gasteiger partial charge in [-0.25, -0.2) is 4.39 Å². The van der Waals surface area contributed by atoms with E-state index in [4.69, 9.17) is 5.73 Å². The molecule has 90 valence electrons. The Labute approximate surface area is 104 Å². The molecular weight excluding hydrogens is 243 g/mol. The van der Waals surface area contributed by atoms with Crippen LogP contribution in [0.4, 0.5) is 15.8 Å². The highest BCUT2D eigenvalue weighted by Crippen LogP contribution is 2.21. The first-order chi connectivity index (χ1) is 7.77. The minimum atomic E-state index is -0.371. The number of rotatable bonds is 3. The molecule has 0 aliphatic heterocycles. The van der Waals surface area contributed by atoms with E-state index in [0.29, 0.717) is 17.9 Å². The third-order valence-corrected chi connectivity index (χ3v) is 2.12. The summed E-state index contributed by atoms with van der Waals surface area (Å²) in [6.45, 7) is 0.388. The highest BCUT2D eigenvalue weighted by Gasteiger charge is 2.05. The smallest absolute Gasteiger partial charge is 0.148 e. The zero-order chi connectivity index (χ0) is 11.4. The van der Waals surface area contributed by atoms with E-state index < -0.39 is 0 Å². The summed E-state index contributed by atoms with van der Waals surface area (Å²) in [7, 11) is 0. The van der Waals surface area contributed by atoms with Crippen LogP contribution in [0.3, 0.4) is 0 Å². The van der Waals surface area contributed by atoms with Gasteiger partial charge in [0.15, 0.2) is 0 Å². The van der Waals surface area contributed by atoms with Crippen LogP contribution < -0.4 is 11.1 Å². The van der Waals surface area contributed by atoms with Gasteiger partial charge in [0.05, 0.1) is 23.6 Å². The number of benzene rings is 1. The standard InChI is InChI=1S/C11H11FN4.ClH/c12-9-4-1-5-10(13)11(9)14-7-8-3-2-6-15-16-8;/h1-6,14H,7,13H2;1H. The molecule has 6 heteroatoms. The van der Waals surface area contributed by atoms with Gasteiger partial charge in [0.1, 0.15) is 5.82 Å². The number of hydrogen-bond donors (Lipinski definition) is 2. The summed E-state index contributed by atoms with van der Waals surface area (Å²) in [5, 5.41) is 10.5. The maximum Gasteiger partial charge on any atom is 0.148 e. The molecule has 0 atom stereocenters. The van der Waals surface area contributed by atoms with Crippen molar-refractivity contribution in [3.8, 4) is 0 Å². The minimum absolute atomic E-state index is 0. The quantitative estimate of drug-likeness (QED) is 0.825. The molecule has 0 aliphatic rings. The number of nitrogens with two attached hydrogens (primary N) is 1. The molecule has 0 bridgehead atoms. The molecule has 0 saturated heterocycles. The maximum absolute atomic E-state index is 13.4. The van der Waals surface area contributed by atoms with E-state index in [-0.39, 0.29) is 18.2 Å². The number of nitrogens with zero attached hydrogens (tertiary/aromatic N) is 2. The van der Waals surface area contributed by atoms with Crippen molar-refractivity contribution in [2.24, 2.45) is 0 Å². The van der Waals surface area contributed by atoms with Crippen LogP contribution in [0.2, 0.25) is 0 Å². The first kappa shape index (κ1) is 13.2. The zero-order valence-corrected chi connectivity index (χ0v) is 9.75. The number of nitrogens with one attached hydrogen (secondary N) is 1. The lowest BCUT2D eigenvalue weighted by Gasteiger charge is -2.09. The fourth-order valence-corrected chi connectivity index (χ4v) is 1.33. The predicted octanol–water partition coefficient (Wildman–Crippen LogP) is 2.23. The van der Waals surface area contributed by atoms with Crippen molar-refractivity contribution in [3.63, 3.8) is 0 Å². The van der Waals surface area contributed by atoms with Crippen molar-refractivity contribution in [3.05, 3.63) is 48.0 Å². The van der Waals surface area contributed by atoms with Gasteiger partial charge in [-0.1, -0.05) is 6.07 Å². The monoisotopic (exact) mass is 254 g/mol. The Morgan fingerprint density at radius 3 is 2.71 bits per heavy atom. The van der Waals surface area contributed by atoms with Crippen LogP contribution in [0.5, 0.6) is 0 Å². The number of halogens is 2. The molecule has 17 heavy (non-hydrogen) atoms. The second kappa shape index (κ2) is 6.00. The number of hydrogen-bond acceptors (Lipinski definition) is 4. The van der Waals surface area contributed by atoms with Crippen molar-refractivity contribution in [2.75, 3.05) is 11.1 Å². The summed E-state index contributed by atoms with van der Waals surface area (Å²) in [5.74, 6) is -0.371. The topological polar surface area (TPSA) is 63.8 Å². The van der Waals surface area contributed by atoms with Crippen LogP contribution in [-0.2, 0) is 6.54 Å². The first-order valence-corrected chi connectivity index (χ1v) is 4.82. The number of para-hydroxylation sites is 1. The van der Waals surface area contributed by atoms with Crippen LogP contribution in [0, 0.1) is 5.82 Å². The van der Waals surface area contributed by atoms with E-state index in [9.17, 15) is 4.39 Å². The third-order valence-electron chi connectivity index (χ3n) is 2.12. The Morgan fingerprint density at radius 2 is 2.06 bits per heavy atom. The molecule has 1 aromatic carbocycles. The molecule has 2 rings (SSSR count). The lowest BCUT2D eigenvalue weighted by atomic mass is 10.2. The van der Waals surface area contributed by atoms with Crippen molar-refractivity contribution in [1.82, 2.24) is 10.2 Å². The molecule has 0 amide bonds. The molecule has 0 unspecified atom stereocenters. The summed E-state index contributed by atoms with van der Waals surface area (Å²) in [6, 6.07) is 8.14. The van der Waals surface area contributed by atoms with Crippen LogP contribution in [0.15, 0.2) is 36.5 Å². The number of nitrogen functional groups attached to an aromatic ring is 1. The second-order valence-electron chi connectivity index (χ2n) is 3.27. The molecule has 0 saturated carbocycles. The second-order valence-corrected chi connectivity index (χ2v) is 3.27. The van der Waals surface area contributed by atoms with Crippen LogP contribution in [0.25, 0.3) is 0 Å². The Balaban J connectivity index is 0.00000144. The van der Waals surface area contributed by atoms with Gasteiger partial charge in [0, 0.05) is 6.20 Å². The Bertz CT molecular complexity index is 458. The van der Waals surface area contributed by atoms with Gasteiger partial charge < -0.3 is 11.1 Å². The van der Waals surface area contributed by atoms with E-state index >= 15 is 0 Å². The van der Waals surface area contributed by atoms with Crippen molar-refractivity contribution in [1.29, 1.82) is 0 Å². The molecule has 1 heterocycles. The highest BCUT2D eigenvalue weighted by molar-refractivity contribution is 5.85. The van der Waals surface area contributed by atoms with Crippen molar-refractivity contribution < 1.29 is 4.39 Å². The molecular formula is C11H12ClFN4. The van der Waals surface area contributed by atoms with E-state index in [2.05, 4.69) is 15.5 Å². The van der Waals surface area contributed by atoms with Crippen LogP contribution in [0.1, 0.15) is 5.69 Å². The van der Waals surface area contributed by atoms with Gasteiger partial charge in [-0.3, -0.25) is 0 Å². The molecule has 0 aliphatic carbocycles. The number of aromatic nitrogens is 2. The van der Waals surface area contributed by atoms with Crippen molar-refractivity contribution >= 4 is 23.8 Å².